The SMILES string of the molecule is CCCCCOc1cc(OC(C)C)c(F)cc1N. The van der Waals surface area contributed by atoms with Gasteiger partial charge in [-0.2, -0.15) is 0 Å². The zero-order valence-electron chi connectivity index (χ0n) is 11.3. The zero-order valence-corrected chi connectivity index (χ0v) is 11.3. The maximum Gasteiger partial charge on any atom is 0.167 e. The predicted octanol–water partition coefficient (Wildman–Crippen LogP) is 3.76. The molecule has 1 aromatic rings. The van der Waals surface area contributed by atoms with Crippen LogP contribution in [0.25, 0.3) is 0 Å². The molecular weight excluding hydrogens is 233 g/mol. The molecule has 0 heterocycles. The van der Waals surface area contributed by atoms with Crippen molar-refractivity contribution in [3.8, 4) is 11.5 Å². The number of hydrogen-bond acceptors (Lipinski definition) is 3. The normalized spacial score (nSPS) is 10.7. The van der Waals surface area contributed by atoms with Crippen molar-refractivity contribution < 1.29 is 13.9 Å². The van der Waals surface area contributed by atoms with Crippen LogP contribution >= 0.6 is 0 Å². The topological polar surface area (TPSA) is 44.5 Å². The minimum absolute atomic E-state index is 0.0870. The first-order chi connectivity index (χ1) is 8.54. The monoisotopic (exact) mass is 255 g/mol. The molecule has 2 N–H and O–H groups in total. The summed E-state index contributed by atoms with van der Waals surface area (Å²) in [6.45, 7) is 6.40. The molecule has 1 rings (SSSR count). The average Bonchev–Trinajstić information content (AvgIpc) is 2.29. The molecule has 102 valence electrons. The van der Waals surface area contributed by atoms with E-state index in [1.807, 2.05) is 13.8 Å². The molecule has 0 aromatic heterocycles. The van der Waals surface area contributed by atoms with Crippen molar-refractivity contribution >= 4 is 5.69 Å². The van der Waals surface area contributed by atoms with Crippen LogP contribution in [0.3, 0.4) is 0 Å². The summed E-state index contributed by atoms with van der Waals surface area (Å²) in [7, 11) is 0. The molecule has 0 aliphatic rings. The number of benzene rings is 1. The van der Waals surface area contributed by atoms with Gasteiger partial charge in [-0.3, -0.25) is 0 Å². The highest BCUT2D eigenvalue weighted by molar-refractivity contribution is 5.56. The second-order valence-electron chi connectivity index (χ2n) is 4.54. The Hall–Kier alpha value is -1.45. The predicted molar refractivity (Wildman–Crippen MR) is 71.6 cm³/mol. The molecule has 3 nitrogen and oxygen atoms in total. The Morgan fingerprint density at radius 3 is 2.56 bits per heavy atom. The third-order valence-electron chi connectivity index (χ3n) is 2.43. The lowest BCUT2D eigenvalue weighted by molar-refractivity contribution is 0.228. The lowest BCUT2D eigenvalue weighted by Crippen LogP contribution is -2.08. The van der Waals surface area contributed by atoms with E-state index in [4.69, 9.17) is 15.2 Å². The van der Waals surface area contributed by atoms with Crippen molar-refractivity contribution in [1.29, 1.82) is 0 Å². The lowest BCUT2D eigenvalue weighted by atomic mass is 10.2. The fourth-order valence-corrected chi connectivity index (χ4v) is 1.55. The molecule has 0 fully saturated rings. The maximum atomic E-state index is 13.6. The highest BCUT2D eigenvalue weighted by Gasteiger charge is 2.11. The molecule has 0 spiro atoms. The molecule has 0 radical (unpaired) electrons. The first-order valence-electron chi connectivity index (χ1n) is 6.43. The summed E-state index contributed by atoms with van der Waals surface area (Å²) < 4.78 is 24.5. The van der Waals surface area contributed by atoms with Gasteiger partial charge in [-0.1, -0.05) is 19.8 Å². The van der Waals surface area contributed by atoms with Gasteiger partial charge in [0.15, 0.2) is 11.6 Å². The fourth-order valence-electron chi connectivity index (χ4n) is 1.55. The molecule has 0 aliphatic carbocycles. The smallest absolute Gasteiger partial charge is 0.167 e. The van der Waals surface area contributed by atoms with E-state index in [1.54, 1.807) is 0 Å². The second kappa shape index (κ2) is 7.09. The minimum Gasteiger partial charge on any atom is -0.491 e. The molecule has 4 heteroatoms. The van der Waals surface area contributed by atoms with E-state index >= 15 is 0 Å². The third-order valence-corrected chi connectivity index (χ3v) is 2.43. The van der Waals surface area contributed by atoms with Gasteiger partial charge in [0.25, 0.3) is 0 Å². The van der Waals surface area contributed by atoms with Crippen molar-refractivity contribution in [3.05, 3.63) is 17.9 Å². The quantitative estimate of drug-likeness (QED) is 0.596. The van der Waals surface area contributed by atoms with Gasteiger partial charge < -0.3 is 15.2 Å². The maximum absolute atomic E-state index is 13.6. The molecular formula is C14H22FNO2. The van der Waals surface area contributed by atoms with Crippen LogP contribution in [0.4, 0.5) is 10.1 Å². The molecule has 0 amide bonds. The number of hydrogen-bond donors (Lipinski definition) is 1. The average molecular weight is 255 g/mol. The van der Waals surface area contributed by atoms with E-state index in [2.05, 4.69) is 6.92 Å². The Morgan fingerprint density at radius 2 is 1.94 bits per heavy atom. The largest absolute Gasteiger partial charge is 0.491 e. The summed E-state index contributed by atoms with van der Waals surface area (Å²) in [5, 5.41) is 0. The van der Waals surface area contributed by atoms with Crippen LogP contribution in [0.15, 0.2) is 12.1 Å². The fraction of sp³-hybridized carbons (Fsp3) is 0.571. The van der Waals surface area contributed by atoms with Gasteiger partial charge in [-0.05, 0) is 20.3 Å². The summed E-state index contributed by atoms with van der Waals surface area (Å²) >= 11 is 0. The van der Waals surface area contributed by atoms with E-state index in [0.29, 0.717) is 18.0 Å². The van der Waals surface area contributed by atoms with Gasteiger partial charge in [0.1, 0.15) is 5.75 Å². The van der Waals surface area contributed by atoms with Crippen LogP contribution in [-0.4, -0.2) is 12.7 Å². The van der Waals surface area contributed by atoms with Crippen LogP contribution < -0.4 is 15.2 Å². The second-order valence-corrected chi connectivity index (χ2v) is 4.54. The first-order valence-corrected chi connectivity index (χ1v) is 6.43. The molecule has 0 bridgehead atoms. The van der Waals surface area contributed by atoms with E-state index in [0.717, 1.165) is 19.3 Å². The Bertz CT molecular complexity index is 380. The van der Waals surface area contributed by atoms with E-state index in [9.17, 15) is 4.39 Å². The van der Waals surface area contributed by atoms with E-state index in [-0.39, 0.29) is 11.9 Å². The lowest BCUT2D eigenvalue weighted by Gasteiger charge is -2.14. The number of ether oxygens (including phenoxy) is 2. The summed E-state index contributed by atoms with van der Waals surface area (Å²) in [6, 6.07) is 2.77. The van der Waals surface area contributed by atoms with Crippen molar-refractivity contribution in [2.75, 3.05) is 12.3 Å². The number of halogens is 1. The Balaban J connectivity index is 2.71. The number of unbranched alkanes of at least 4 members (excludes halogenated alkanes) is 2. The molecule has 0 aliphatic heterocycles. The van der Waals surface area contributed by atoms with Crippen molar-refractivity contribution in [2.24, 2.45) is 0 Å². The third kappa shape index (κ3) is 4.43. The van der Waals surface area contributed by atoms with Crippen LogP contribution in [0.1, 0.15) is 40.0 Å². The standard InChI is InChI=1S/C14H22FNO2/c1-4-5-6-7-17-14-9-13(18-10(2)3)11(15)8-12(14)16/h8-10H,4-7,16H2,1-3H3. The van der Waals surface area contributed by atoms with Gasteiger partial charge in [0.2, 0.25) is 0 Å². The Morgan fingerprint density at radius 1 is 1.22 bits per heavy atom. The van der Waals surface area contributed by atoms with Gasteiger partial charge in [0.05, 0.1) is 18.4 Å². The summed E-state index contributed by atoms with van der Waals surface area (Å²) in [6.07, 6.45) is 3.12. The van der Waals surface area contributed by atoms with Crippen LogP contribution in [-0.2, 0) is 0 Å². The summed E-state index contributed by atoms with van der Waals surface area (Å²) in [5.74, 6) is 0.218. The van der Waals surface area contributed by atoms with E-state index in [1.165, 1.54) is 12.1 Å². The minimum atomic E-state index is -0.456. The molecule has 0 saturated carbocycles. The van der Waals surface area contributed by atoms with Gasteiger partial charge in [-0.15, -0.1) is 0 Å². The van der Waals surface area contributed by atoms with Crippen molar-refractivity contribution in [1.82, 2.24) is 0 Å². The van der Waals surface area contributed by atoms with Crippen molar-refractivity contribution in [2.45, 2.75) is 46.1 Å². The Kier molecular flexibility index (Phi) is 5.75. The van der Waals surface area contributed by atoms with Crippen LogP contribution in [0.5, 0.6) is 11.5 Å². The molecule has 0 saturated heterocycles. The van der Waals surface area contributed by atoms with Crippen molar-refractivity contribution in [3.63, 3.8) is 0 Å². The first kappa shape index (κ1) is 14.6. The molecule has 18 heavy (non-hydrogen) atoms. The summed E-state index contributed by atoms with van der Waals surface area (Å²) in [4.78, 5) is 0. The number of nitrogen functional groups attached to an aromatic ring is 1. The summed E-state index contributed by atoms with van der Waals surface area (Å²) in [5.41, 5.74) is 6.02. The van der Waals surface area contributed by atoms with Gasteiger partial charge in [-0.25, -0.2) is 4.39 Å². The Labute approximate surface area is 108 Å². The molecule has 1 aromatic carbocycles. The van der Waals surface area contributed by atoms with Crippen LogP contribution in [0, 0.1) is 5.82 Å². The number of rotatable bonds is 7. The number of anilines is 1. The van der Waals surface area contributed by atoms with Crippen LogP contribution in [0.2, 0.25) is 0 Å². The van der Waals surface area contributed by atoms with Gasteiger partial charge >= 0.3 is 0 Å². The van der Waals surface area contributed by atoms with E-state index < -0.39 is 5.82 Å². The number of nitrogens with two attached hydrogens (primary N) is 1. The van der Waals surface area contributed by atoms with Gasteiger partial charge in [0, 0.05) is 12.1 Å². The highest BCUT2D eigenvalue weighted by atomic mass is 19.1. The molecule has 0 atom stereocenters. The molecule has 0 unspecified atom stereocenters. The zero-order chi connectivity index (χ0) is 13.5. The highest BCUT2D eigenvalue weighted by Crippen LogP contribution is 2.30.